The number of rotatable bonds is 6. The molecule has 0 spiro atoms. The maximum atomic E-state index is 2.36. The van der Waals surface area contributed by atoms with Crippen LogP contribution in [-0.2, 0) is 6.42 Å². The summed E-state index contributed by atoms with van der Waals surface area (Å²) in [6.07, 6.45) is 9.80. The quantitative estimate of drug-likeness (QED) is 0.219. The third-order valence-corrected chi connectivity index (χ3v) is 6.97. The van der Waals surface area contributed by atoms with Crippen molar-refractivity contribution in [1.82, 2.24) is 0 Å². The lowest BCUT2D eigenvalue weighted by Crippen LogP contribution is -1.98. The Kier molecular flexibility index (Phi) is 6.96. The molecule has 0 atom stereocenters. The van der Waals surface area contributed by atoms with E-state index in [0.29, 0.717) is 0 Å². The van der Waals surface area contributed by atoms with E-state index in [-0.39, 0.29) is 0 Å². The molecule has 0 nitrogen and oxygen atoms in total. The average molecular weight is 465 g/mol. The van der Waals surface area contributed by atoms with Crippen LogP contribution in [0.3, 0.4) is 0 Å². The van der Waals surface area contributed by atoms with Crippen molar-refractivity contribution in [1.29, 1.82) is 0 Å². The highest BCUT2D eigenvalue weighted by Crippen LogP contribution is 2.41. The average Bonchev–Trinajstić information content (AvgIpc) is 2.94. The van der Waals surface area contributed by atoms with Crippen LogP contribution >= 0.6 is 0 Å². The molecule has 0 heteroatoms. The van der Waals surface area contributed by atoms with E-state index in [0.717, 1.165) is 6.42 Å². The normalized spacial score (nSPS) is 11.6. The molecule has 0 bridgehead atoms. The molecule has 0 N–H and O–H groups in total. The van der Waals surface area contributed by atoms with Gasteiger partial charge in [0.25, 0.3) is 0 Å². The number of hydrogen-bond acceptors (Lipinski definition) is 0. The van der Waals surface area contributed by atoms with Gasteiger partial charge < -0.3 is 0 Å². The van der Waals surface area contributed by atoms with Crippen molar-refractivity contribution in [2.45, 2.75) is 27.2 Å². The molecule has 176 valence electrons. The minimum absolute atomic E-state index is 0.938. The summed E-state index contributed by atoms with van der Waals surface area (Å²) < 4.78 is 0. The molecule has 5 rings (SSSR count). The number of fused-ring (bicyclic) bond motifs is 1. The van der Waals surface area contributed by atoms with Crippen molar-refractivity contribution < 1.29 is 0 Å². The first kappa shape index (κ1) is 23.6. The monoisotopic (exact) mass is 464 g/mol. The van der Waals surface area contributed by atoms with Crippen molar-refractivity contribution in [2.75, 3.05) is 0 Å². The van der Waals surface area contributed by atoms with Gasteiger partial charge in [0.1, 0.15) is 0 Å². The van der Waals surface area contributed by atoms with E-state index < -0.39 is 0 Å². The number of hydrogen-bond donors (Lipinski definition) is 0. The number of benzene rings is 5. The van der Waals surface area contributed by atoms with E-state index in [4.69, 9.17) is 0 Å². The lowest BCUT2D eigenvalue weighted by Gasteiger charge is -2.20. The van der Waals surface area contributed by atoms with Gasteiger partial charge in [-0.2, -0.15) is 0 Å². The summed E-state index contributed by atoms with van der Waals surface area (Å²) in [6, 6.07) is 37.4. The minimum atomic E-state index is 0.938. The van der Waals surface area contributed by atoms with Crippen molar-refractivity contribution in [3.8, 4) is 33.4 Å². The second-order valence-electron chi connectivity index (χ2n) is 9.24. The summed E-state index contributed by atoms with van der Waals surface area (Å²) in [5, 5.41) is 2.64. The first-order valence-corrected chi connectivity index (χ1v) is 12.8. The van der Waals surface area contributed by atoms with E-state index in [9.17, 15) is 0 Å². The highest BCUT2D eigenvalue weighted by Gasteiger charge is 2.17. The highest BCUT2D eigenvalue weighted by atomic mass is 14.2. The van der Waals surface area contributed by atoms with E-state index in [1.165, 1.54) is 60.8 Å². The van der Waals surface area contributed by atoms with Gasteiger partial charge >= 0.3 is 0 Å². The summed E-state index contributed by atoms with van der Waals surface area (Å²) in [4.78, 5) is 0. The fraction of sp³-hybridized carbons (Fsp3) is 0.111. The molecule has 0 fully saturated rings. The molecule has 0 heterocycles. The zero-order valence-electron chi connectivity index (χ0n) is 21.3. The van der Waals surface area contributed by atoms with Gasteiger partial charge in [-0.25, -0.2) is 0 Å². The molecule has 0 radical (unpaired) electrons. The third kappa shape index (κ3) is 4.55. The first-order valence-electron chi connectivity index (χ1n) is 12.8. The van der Waals surface area contributed by atoms with E-state index in [2.05, 4.69) is 148 Å². The maximum absolute atomic E-state index is 2.36. The molecule has 0 aromatic heterocycles. The largest absolute Gasteiger partial charge is 0.0913 e. The zero-order valence-corrected chi connectivity index (χ0v) is 21.3. The van der Waals surface area contributed by atoms with Crippen LogP contribution < -0.4 is 0 Å². The van der Waals surface area contributed by atoms with Crippen LogP contribution in [0.25, 0.3) is 50.2 Å². The molecule has 36 heavy (non-hydrogen) atoms. The minimum Gasteiger partial charge on any atom is -0.0913 e. The summed E-state index contributed by atoms with van der Waals surface area (Å²) in [6.45, 7) is 6.49. The van der Waals surface area contributed by atoms with Gasteiger partial charge in [0.2, 0.25) is 0 Å². The maximum Gasteiger partial charge on any atom is -0.00296 e. The Hall–Kier alpha value is -4.16. The van der Waals surface area contributed by atoms with Crippen molar-refractivity contribution in [3.63, 3.8) is 0 Å². The standard InChI is InChI=1S/C36H32/c1-4-6-20-32-26(3)33(15-5-2)36(35-22-14-13-21-34(32)35)31-24-29(27-16-9-7-10-17-27)23-30(25-31)28-18-11-8-12-19-28/h4-19,21-25H,20H2,1-3H3/b6-4-,15-5-. The summed E-state index contributed by atoms with van der Waals surface area (Å²) in [7, 11) is 0. The van der Waals surface area contributed by atoms with Crippen LogP contribution in [0.4, 0.5) is 0 Å². The summed E-state index contributed by atoms with van der Waals surface area (Å²) >= 11 is 0. The van der Waals surface area contributed by atoms with Crippen LogP contribution in [0.15, 0.2) is 121 Å². The van der Waals surface area contributed by atoms with Gasteiger partial charge in [0.05, 0.1) is 0 Å². The van der Waals surface area contributed by atoms with Gasteiger partial charge in [0.15, 0.2) is 0 Å². The van der Waals surface area contributed by atoms with Crippen LogP contribution in [0.5, 0.6) is 0 Å². The molecule has 0 saturated carbocycles. The Balaban J connectivity index is 1.87. The van der Waals surface area contributed by atoms with Gasteiger partial charge in [-0.1, -0.05) is 109 Å². The molecular formula is C36H32. The Bertz CT molecular complexity index is 1490. The van der Waals surface area contributed by atoms with Gasteiger partial charge in [-0.05, 0) is 106 Å². The van der Waals surface area contributed by atoms with E-state index in [1.807, 2.05) is 0 Å². The molecule has 0 unspecified atom stereocenters. The van der Waals surface area contributed by atoms with Crippen molar-refractivity contribution in [2.24, 2.45) is 0 Å². The predicted octanol–water partition coefficient (Wildman–Crippen LogP) is 10.3. The second-order valence-corrected chi connectivity index (χ2v) is 9.24. The van der Waals surface area contributed by atoms with Gasteiger partial charge in [-0.3, -0.25) is 0 Å². The molecule has 0 aliphatic heterocycles. The molecule has 0 aliphatic rings. The topological polar surface area (TPSA) is 0 Å². The summed E-state index contributed by atoms with van der Waals surface area (Å²) in [5.41, 5.74) is 11.6. The van der Waals surface area contributed by atoms with Crippen LogP contribution in [0.1, 0.15) is 30.5 Å². The predicted molar refractivity (Wildman–Crippen MR) is 158 cm³/mol. The van der Waals surface area contributed by atoms with Gasteiger partial charge in [-0.15, -0.1) is 0 Å². The lowest BCUT2D eigenvalue weighted by molar-refractivity contribution is 1.23. The third-order valence-electron chi connectivity index (χ3n) is 6.97. The smallest absolute Gasteiger partial charge is 0.00296 e. The molecule has 5 aromatic carbocycles. The van der Waals surface area contributed by atoms with Crippen LogP contribution in [0, 0.1) is 6.92 Å². The van der Waals surface area contributed by atoms with Crippen molar-refractivity contribution >= 4 is 16.8 Å². The fourth-order valence-corrected chi connectivity index (χ4v) is 5.21. The van der Waals surface area contributed by atoms with Crippen molar-refractivity contribution in [3.05, 3.63) is 138 Å². The Morgan fingerprint density at radius 1 is 0.556 bits per heavy atom. The zero-order chi connectivity index (χ0) is 24.9. The Morgan fingerprint density at radius 2 is 1.08 bits per heavy atom. The molecule has 5 aromatic rings. The lowest BCUT2D eigenvalue weighted by atomic mass is 9.83. The SMILES string of the molecule is C/C=C\Cc1c(C)c(/C=C\C)c(-c2cc(-c3ccccc3)cc(-c3ccccc3)c2)c2ccccc12. The molecule has 0 aliphatic carbocycles. The second kappa shape index (κ2) is 10.6. The van der Waals surface area contributed by atoms with Gasteiger partial charge in [0, 0.05) is 0 Å². The fourth-order valence-electron chi connectivity index (χ4n) is 5.21. The number of allylic oxidation sites excluding steroid dienone is 3. The highest BCUT2D eigenvalue weighted by molar-refractivity contribution is 6.04. The summed E-state index contributed by atoms with van der Waals surface area (Å²) in [5.74, 6) is 0. The van der Waals surface area contributed by atoms with Crippen LogP contribution in [-0.4, -0.2) is 0 Å². The Labute approximate surface area is 215 Å². The van der Waals surface area contributed by atoms with E-state index >= 15 is 0 Å². The van der Waals surface area contributed by atoms with Crippen LogP contribution in [0.2, 0.25) is 0 Å². The first-order chi connectivity index (χ1) is 17.7. The van der Waals surface area contributed by atoms with E-state index in [1.54, 1.807) is 0 Å². The molecule has 0 saturated heterocycles. The Morgan fingerprint density at radius 3 is 1.64 bits per heavy atom. The molecule has 0 amide bonds. The molecular weight excluding hydrogens is 432 g/mol.